The Morgan fingerprint density at radius 3 is 2.77 bits per heavy atom. The molecule has 5 nitrogen and oxygen atoms in total. The van der Waals surface area contributed by atoms with Crippen LogP contribution in [0.25, 0.3) is 11.3 Å². The molecule has 3 N–H and O–H groups in total. The molecule has 22 heavy (non-hydrogen) atoms. The molecule has 1 heterocycles. The van der Waals surface area contributed by atoms with E-state index in [0.29, 0.717) is 24.6 Å². The summed E-state index contributed by atoms with van der Waals surface area (Å²) >= 11 is 0. The molecule has 1 aromatic heterocycles. The second-order valence-corrected chi connectivity index (χ2v) is 5.41. The molecule has 0 aliphatic rings. The van der Waals surface area contributed by atoms with Gasteiger partial charge in [0.05, 0.1) is 5.69 Å². The van der Waals surface area contributed by atoms with Crippen molar-refractivity contribution in [2.75, 3.05) is 13.2 Å². The van der Waals surface area contributed by atoms with Gasteiger partial charge >= 0.3 is 0 Å². The predicted molar refractivity (Wildman–Crippen MR) is 86.5 cm³/mol. The second kappa shape index (κ2) is 8.34. The highest BCUT2D eigenvalue weighted by molar-refractivity contribution is 5.93. The largest absolute Gasteiger partial charge is 0.396 e. The molecule has 1 amide bonds. The van der Waals surface area contributed by atoms with E-state index in [2.05, 4.69) is 22.4 Å². The number of aromatic amines is 1. The van der Waals surface area contributed by atoms with Gasteiger partial charge in [0.1, 0.15) is 5.69 Å². The number of aliphatic hydroxyl groups excluding tert-OH is 1. The van der Waals surface area contributed by atoms with Gasteiger partial charge in [-0.2, -0.15) is 5.10 Å². The highest BCUT2D eigenvalue weighted by Crippen LogP contribution is 2.17. The average Bonchev–Trinajstić information content (AvgIpc) is 3.04. The first-order valence-corrected chi connectivity index (χ1v) is 7.74. The monoisotopic (exact) mass is 301 g/mol. The molecular formula is C17H23N3O2. The van der Waals surface area contributed by atoms with E-state index in [-0.39, 0.29) is 12.5 Å². The topological polar surface area (TPSA) is 78.0 Å². The van der Waals surface area contributed by atoms with Gasteiger partial charge in [-0.25, -0.2) is 0 Å². The normalized spacial score (nSPS) is 12.1. The Balaban J connectivity index is 1.94. The second-order valence-electron chi connectivity index (χ2n) is 5.41. The molecule has 118 valence electrons. The average molecular weight is 301 g/mol. The maximum Gasteiger partial charge on any atom is 0.269 e. The van der Waals surface area contributed by atoms with Crippen molar-refractivity contribution in [3.63, 3.8) is 0 Å². The summed E-state index contributed by atoms with van der Waals surface area (Å²) in [4.78, 5) is 12.2. The number of nitrogens with zero attached hydrogens (tertiary/aromatic N) is 1. The van der Waals surface area contributed by atoms with Crippen molar-refractivity contribution in [3.8, 4) is 11.3 Å². The summed E-state index contributed by atoms with van der Waals surface area (Å²) in [6, 6.07) is 11.5. The van der Waals surface area contributed by atoms with Crippen LogP contribution in [0.5, 0.6) is 0 Å². The standard InChI is InChI=1S/C17H23N3O2/c1-2-6-13(9-10-21)12-18-17(22)16-11-15(19-20-16)14-7-4-3-5-8-14/h3-5,7-8,11,13,21H,2,6,9-10,12H2,1H3,(H,18,22)(H,19,20). The number of carbonyl (C=O) groups excluding carboxylic acids is 1. The fraction of sp³-hybridized carbons (Fsp3) is 0.412. The van der Waals surface area contributed by atoms with Gasteiger partial charge < -0.3 is 10.4 Å². The fourth-order valence-corrected chi connectivity index (χ4v) is 2.47. The first-order valence-electron chi connectivity index (χ1n) is 7.74. The van der Waals surface area contributed by atoms with Crippen molar-refractivity contribution in [2.24, 2.45) is 5.92 Å². The molecule has 0 fully saturated rings. The maximum absolute atomic E-state index is 12.2. The minimum absolute atomic E-state index is 0.156. The highest BCUT2D eigenvalue weighted by Gasteiger charge is 2.13. The number of hydrogen-bond donors (Lipinski definition) is 3. The molecular weight excluding hydrogens is 278 g/mol. The van der Waals surface area contributed by atoms with Crippen molar-refractivity contribution in [2.45, 2.75) is 26.2 Å². The van der Waals surface area contributed by atoms with E-state index >= 15 is 0 Å². The Morgan fingerprint density at radius 2 is 2.09 bits per heavy atom. The molecule has 2 aromatic rings. The van der Waals surface area contributed by atoms with Crippen LogP contribution in [0.4, 0.5) is 0 Å². The molecule has 0 saturated carbocycles. The summed E-state index contributed by atoms with van der Waals surface area (Å²) in [7, 11) is 0. The van der Waals surface area contributed by atoms with Crippen LogP contribution >= 0.6 is 0 Å². The summed E-state index contributed by atoms with van der Waals surface area (Å²) in [5, 5.41) is 18.9. The summed E-state index contributed by atoms with van der Waals surface area (Å²) in [6.45, 7) is 2.84. The van der Waals surface area contributed by atoms with Crippen LogP contribution in [0, 0.1) is 5.92 Å². The number of aromatic nitrogens is 2. The van der Waals surface area contributed by atoms with Gasteiger partial charge in [-0.15, -0.1) is 0 Å². The smallest absolute Gasteiger partial charge is 0.269 e. The van der Waals surface area contributed by atoms with Crippen molar-refractivity contribution in [1.29, 1.82) is 0 Å². The van der Waals surface area contributed by atoms with Crippen molar-refractivity contribution in [3.05, 3.63) is 42.1 Å². The number of aliphatic hydroxyl groups is 1. The molecule has 0 bridgehead atoms. The van der Waals surface area contributed by atoms with Gasteiger partial charge in [0, 0.05) is 18.7 Å². The van der Waals surface area contributed by atoms with Crippen molar-refractivity contribution in [1.82, 2.24) is 15.5 Å². The number of carbonyl (C=O) groups is 1. The molecule has 1 unspecified atom stereocenters. The van der Waals surface area contributed by atoms with Gasteiger partial charge in [-0.05, 0) is 24.8 Å². The Kier molecular flexibility index (Phi) is 6.15. The lowest BCUT2D eigenvalue weighted by Gasteiger charge is -2.15. The zero-order chi connectivity index (χ0) is 15.8. The number of benzene rings is 1. The molecule has 5 heteroatoms. The van der Waals surface area contributed by atoms with Crippen molar-refractivity contribution < 1.29 is 9.90 Å². The first-order chi connectivity index (χ1) is 10.7. The fourth-order valence-electron chi connectivity index (χ4n) is 2.47. The van der Waals surface area contributed by atoms with E-state index in [1.807, 2.05) is 30.3 Å². The summed E-state index contributed by atoms with van der Waals surface area (Å²) < 4.78 is 0. The molecule has 1 atom stereocenters. The Hall–Kier alpha value is -2.14. The summed E-state index contributed by atoms with van der Waals surface area (Å²) in [5.74, 6) is 0.157. The number of hydrogen-bond acceptors (Lipinski definition) is 3. The lowest BCUT2D eigenvalue weighted by molar-refractivity contribution is 0.0938. The molecule has 1 aromatic carbocycles. The van der Waals surface area contributed by atoms with Gasteiger partial charge in [0.2, 0.25) is 0 Å². The lowest BCUT2D eigenvalue weighted by atomic mass is 10.0. The maximum atomic E-state index is 12.2. The van der Waals surface area contributed by atoms with E-state index < -0.39 is 0 Å². The molecule has 0 aliphatic heterocycles. The third kappa shape index (κ3) is 4.43. The Bertz CT molecular complexity index is 575. The molecule has 0 spiro atoms. The molecule has 0 aliphatic carbocycles. The van der Waals surface area contributed by atoms with E-state index in [9.17, 15) is 4.79 Å². The van der Waals surface area contributed by atoms with Gasteiger partial charge in [-0.1, -0.05) is 43.7 Å². The van der Waals surface area contributed by atoms with Gasteiger partial charge in [0.15, 0.2) is 0 Å². The summed E-state index contributed by atoms with van der Waals surface area (Å²) in [6.07, 6.45) is 2.76. The van der Waals surface area contributed by atoms with Gasteiger partial charge in [0.25, 0.3) is 5.91 Å². The van der Waals surface area contributed by atoms with Crippen LogP contribution < -0.4 is 5.32 Å². The minimum atomic E-state index is -0.159. The number of amides is 1. The SMILES string of the molecule is CCCC(CCO)CNC(=O)c1cc(-c2ccccc2)n[nH]1. The minimum Gasteiger partial charge on any atom is -0.396 e. The van der Waals surface area contributed by atoms with Gasteiger partial charge in [-0.3, -0.25) is 9.89 Å². The van der Waals surface area contributed by atoms with E-state index in [4.69, 9.17) is 5.11 Å². The molecule has 0 saturated heterocycles. The summed E-state index contributed by atoms with van der Waals surface area (Å²) in [5.41, 5.74) is 2.19. The van der Waals surface area contributed by atoms with Crippen molar-refractivity contribution >= 4 is 5.91 Å². The zero-order valence-electron chi connectivity index (χ0n) is 12.9. The van der Waals surface area contributed by atoms with Crippen LogP contribution in [0.1, 0.15) is 36.7 Å². The van der Waals surface area contributed by atoms with E-state index in [0.717, 1.165) is 24.1 Å². The number of rotatable bonds is 8. The van der Waals surface area contributed by atoms with Crippen LogP contribution in [-0.2, 0) is 0 Å². The first kappa shape index (κ1) is 16.2. The Morgan fingerprint density at radius 1 is 1.32 bits per heavy atom. The van der Waals surface area contributed by atoms with Crippen LogP contribution in [0.3, 0.4) is 0 Å². The zero-order valence-corrected chi connectivity index (χ0v) is 12.9. The van der Waals surface area contributed by atoms with E-state index in [1.54, 1.807) is 6.07 Å². The van der Waals surface area contributed by atoms with Crippen LogP contribution in [0.2, 0.25) is 0 Å². The Labute approximate surface area is 130 Å². The third-order valence-corrected chi connectivity index (χ3v) is 3.68. The molecule has 0 radical (unpaired) electrons. The third-order valence-electron chi connectivity index (χ3n) is 3.68. The lowest BCUT2D eigenvalue weighted by Crippen LogP contribution is -2.30. The number of nitrogens with one attached hydrogen (secondary N) is 2. The van der Waals surface area contributed by atoms with Crippen LogP contribution in [0.15, 0.2) is 36.4 Å². The van der Waals surface area contributed by atoms with Crippen LogP contribution in [-0.4, -0.2) is 34.4 Å². The quantitative estimate of drug-likeness (QED) is 0.701. The number of H-pyrrole nitrogens is 1. The predicted octanol–water partition coefficient (Wildman–Crippen LogP) is 2.61. The highest BCUT2D eigenvalue weighted by atomic mass is 16.3. The van der Waals surface area contributed by atoms with E-state index in [1.165, 1.54) is 0 Å². The molecule has 2 rings (SSSR count).